The first-order valence-electron chi connectivity index (χ1n) is 8.17. The Morgan fingerprint density at radius 2 is 1.92 bits per heavy atom. The SMILES string of the molecule is CN=C(NCc1cccc(C(F)(F)F)c1)NCC1CCN(C)CC1.I. The van der Waals surface area contributed by atoms with E-state index in [9.17, 15) is 13.2 Å². The summed E-state index contributed by atoms with van der Waals surface area (Å²) >= 11 is 0. The molecule has 1 fully saturated rings. The van der Waals surface area contributed by atoms with E-state index in [1.807, 2.05) is 0 Å². The second kappa shape index (κ2) is 10.2. The Morgan fingerprint density at radius 1 is 1.24 bits per heavy atom. The normalized spacial score (nSPS) is 17.1. The van der Waals surface area contributed by atoms with Crippen LogP contribution < -0.4 is 10.6 Å². The zero-order valence-corrected chi connectivity index (χ0v) is 16.9. The van der Waals surface area contributed by atoms with Crippen molar-refractivity contribution in [1.82, 2.24) is 15.5 Å². The molecule has 0 aromatic heterocycles. The van der Waals surface area contributed by atoms with Gasteiger partial charge in [-0.05, 0) is 56.6 Å². The van der Waals surface area contributed by atoms with Gasteiger partial charge in [-0.1, -0.05) is 12.1 Å². The molecule has 0 bridgehead atoms. The minimum atomic E-state index is -4.32. The van der Waals surface area contributed by atoms with Crippen molar-refractivity contribution in [2.24, 2.45) is 10.9 Å². The van der Waals surface area contributed by atoms with Crippen LogP contribution in [-0.4, -0.2) is 44.6 Å². The Hall–Kier alpha value is -1.03. The van der Waals surface area contributed by atoms with Gasteiger partial charge in [-0.25, -0.2) is 0 Å². The predicted molar refractivity (Wildman–Crippen MR) is 105 cm³/mol. The van der Waals surface area contributed by atoms with Crippen LogP contribution in [0.4, 0.5) is 13.2 Å². The summed E-state index contributed by atoms with van der Waals surface area (Å²) in [5, 5.41) is 6.34. The van der Waals surface area contributed by atoms with Gasteiger partial charge >= 0.3 is 6.18 Å². The summed E-state index contributed by atoms with van der Waals surface area (Å²) < 4.78 is 38.2. The van der Waals surface area contributed by atoms with Crippen molar-refractivity contribution in [3.63, 3.8) is 0 Å². The summed E-state index contributed by atoms with van der Waals surface area (Å²) in [6.07, 6.45) is -2.02. The van der Waals surface area contributed by atoms with E-state index in [-0.39, 0.29) is 24.0 Å². The molecular formula is C17H26F3IN4. The quantitative estimate of drug-likeness (QED) is 0.403. The van der Waals surface area contributed by atoms with E-state index in [2.05, 4.69) is 27.6 Å². The topological polar surface area (TPSA) is 39.7 Å². The van der Waals surface area contributed by atoms with Gasteiger partial charge in [0.1, 0.15) is 0 Å². The number of halogens is 4. The van der Waals surface area contributed by atoms with Crippen LogP contribution in [0.1, 0.15) is 24.0 Å². The van der Waals surface area contributed by atoms with E-state index < -0.39 is 11.7 Å². The number of guanidine groups is 1. The van der Waals surface area contributed by atoms with Crippen molar-refractivity contribution < 1.29 is 13.2 Å². The summed E-state index contributed by atoms with van der Waals surface area (Å²) in [5.41, 5.74) is -0.0526. The summed E-state index contributed by atoms with van der Waals surface area (Å²) in [4.78, 5) is 6.45. The number of nitrogens with one attached hydrogen (secondary N) is 2. The number of hydrogen-bond acceptors (Lipinski definition) is 2. The molecule has 1 saturated heterocycles. The molecule has 1 aromatic rings. The highest BCUT2D eigenvalue weighted by Gasteiger charge is 2.30. The van der Waals surface area contributed by atoms with Gasteiger partial charge in [-0.2, -0.15) is 13.2 Å². The van der Waals surface area contributed by atoms with Crippen LogP contribution in [0.5, 0.6) is 0 Å². The van der Waals surface area contributed by atoms with Gasteiger partial charge in [-0.3, -0.25) is 4.99 Å². The molecule has 0 radical (unpaired) electrons. The van der Waals surface area contributed by atoms with E-state index in [4.69, 9.17) is 0 Å². The molecule has 0 saturated carbocycles. The van der Waals surface area contributed by atoms with Crippen molar-refractivity contribution in [1.29, 1.82) is 0 Å². The number of piperidine rings is 1. The summed E-state index contributed by atoms with van der Waals surface area (Å²) in [7, 11) is 3.79. The number of likely N-dealkylation sites (tertiary alicyclic amines) is 1. The van der Waals surface area contributed by atoms with E-state index in [1.165, 1.54) is 6.07 Å². The average Bonchev–Trinajstić information content (AvgIpc) is 2.56. The van der Waals surface area contributed by atoms with Gasteiger partial charge in [0.2, 0.25) is 0 Å². The Balaban J connectivity index is 0.00000312. The van der Waals surface area contributed by atoms with Gasteiger partial charge in [0, 0.05) is 20.1 Å². The third-order valence-electron chi connectivity index (χ3n) is 4.33. The van der Waals surface area contributed by atoms with Gasteiger partial charge in [-0.15, -0.1) is 24.0 Å². The fourth-order valence-corrected chi connectivity index (χ4v) is 2.77. The van der Waals surface area contributed by atoms with Crippen molar-refractivity contribution in [3.05, 3.63) is 35.4 Å². The van der Waals surface area contributed by atoms with Crippen molar-refractivity contribution in [3.8, 4) is 0 Å². The van der Waals surface area contributed by atoms with Crippen molar-refractivity contribution >= 4 is 29.9 Å². The summed E-state index contributed by atoms with van der Waals surface area (Å²) in [6.45, 7) is 3.33. The fraction of sp³-hybridized carbons (Fsp3) is 0.588. The highest BCUT2D eigenvalue weighted by molar-refractivity contribution is 14.0. The second-order valence-corrected chi connectivity index (χ2v) is 6.25. The lowest BCUT2D eigenvalue weighted by molar-refractivity contribution is -0.137. The van der Waals surface area contributed by atoms with Crippen molar-refractivity contribution in [2.45, 2.75) is 25.6 Å². The molecule has 0 atom stereocenters. The molecule has 0 unspecified atom stereocenters. The number of aliphatic imine (C=N–C) groups is 1. The summed E-state index contributed by atoms with van der Waals surface area (Å²) in [6, 6.07) is 5.34. The summed E-state index contributed by atoms with van der Waals surface area (Å²) in [5.74, 6) is 1.22. The lowest BCUT2D eigenvalue weighted by Gasteiger charge is -2.29. The molecule has 1 aromatic carbocycles. The number of rotatable bonds is 4. The van der Waals surface area contributed by atoms with Crippen LogP contribution in [0, 0.1) is 5.92 Å². The first-order chi connectivity index (χ1) is 11.4. The number of benzene rings is 1. The van der Waals surface area contributed by atoms with Crippen LogP contribution in [0.3, 0.4) is 0 Å². The van der Waals surface area contributed by atoms with Crippen LogP contribution in [-0.2, 0) is 12.7 Å². The van der Waals surface area contributed by atoms with E-state index in [0.29, 0.717) is 24.0 Å². The van der Waals surface area contributed by atoms with Gasteiger partial charge in [0.25, 0.3) is 0 Å². The molecule has 2 rings (SSSR count). The van der Waals surface area contributed by atoms with Gasteiger partial charge in [0.15, 0.2) is 5.96 Å². The molecule has 2 N–H and O–H groups in total. The van der Waals surface area contributed by atoms with E-state index in [1.54, 1.807) is 13.1 Å². The minimum absolute atomic E-state index is 0. The second-order valence-electron chi connectivity index (χ2n) is 6.25. The standard InChI is InChI=1S/C17H25F3N4.HI/c1-21-16(22-11-13-6-8-24(2)9-7-13)23-12-14-4-3-5-15(10-14)17(18,19)20;/h3-5,10,13H,6-9,11-12H2,1-2H3,(H2,21,22,23);1H. The molecule has 142 valence electrons. The van der Waals surface area contributed by atoms with Gasteiger partial charge < -0.3 is 15.5 Å². The minimum Gasteiger partial charge on any atom is -0.356 e. The zero-order valence-electron chi connectivity index (χ0n) is 14.6. The maximum absolute atomic E-state index is 12.7. The molecule has 1 aliphatic rings. The number of nitrogens with zero attached hydrogens (tertiary/aromatic N) is 2. The Morgan fingerprint density at radius 3 is 2.52 bits per heavy atom. The zero-order chi connectivity index (χ0) is 17.6. The lowest BCUT2D eigenvalue weighted by Crippen LogP contribution is -2.42. The fourth-order valence-electron chi connectivity index (χ4n) is 2.77. The molecule has 0 aliphatic carbocycles. The van der Waals surface area contributed by atoms with E-state index in [0.717, 1.165) is 44.6 Å². The Kier molecular flexibility index (Phi) is 8.98. The monoisotopic (exact) mass is 470 g/mol. The van der Waals surface area contributed by atoms with Crippen LogP contribution >= 0.6 is 24.0 Å². The highest BCUT2D eigenvalue weighted by Crippen LogP contribution is 2.29. The first-order valence-corrected chi connectivity index (χ1v) is 8.17. The average molecular weight is 470 g/mol. The van der Waals surface area contributed by atoms with Gasteiger partial charge in [0.05, 0.1) is 5.56 Å². The van der Waals surface area contributed by atoms with Crippen LogP contribution in [0.15, 0.2) is 29.3 Å². The molecule has 1 aliphatic heterocycles. The maximum atomic E-state index is 12.7. The van der Waals surface area contributed by atoms with E-state index >= 15 is 0 Å². The van der Waals surface area contributed by atoms with Crippen LogP contribution in [0.25, 0.3) is 0 Å². The highest BCUT2D eigenvalue weighted by atomic mass is 127. The molecular weight excluding hydrogens is 444 g/mol. The number of alkyl halides is 3. The lowest BCUT2D eigenvalue weighted by atomic mass is 9.97. The largest absolute Gasteiger partial charge is 0.416 e. The molecule has 0 amide bonds. The predicted octanol–water partition coefficient (Wildman–Crippen LogP) is 3.33. The maximum Gasteiger partial charge on any atom is 0.416 e. The Bertz CT molecular complexity index is 555. The third kappa shape index (κ3) is 7.39. The molecule has 4 nitrogen and oxygen atoms in total. The third-order valence-corrected chi connectivity index (χ3v) is 4.33. The molecule has 25 heavy (non-hydrogen) atoms. The first kappa shape index (κ1) is 22.0. The van der Waals surface area contributed by atoms with Crippen molar-refractivity contribution in [2.75, 3.05) is 33.7 Å². The smallest absolute Gasteiger partial charge is 0.356 e. The number of hydrogen-bond donors (Lipinski definition) is 2. The van der Waals surface area contributed by atoms with Crippen LogP contribution in [0.2, 0.25) is 0 Å². The molecule has 0 spiro atoms. The Labute approximate surface area is 164 Å². The molecule has 1 heterocycles. The molecule has 8 heteroatoms.